The number of hydrogen-bond donors (Lipinski definition) is 1. The molecule has 1 unspecified atom stereocenters. The van der Waals surface area contributed by atoms with E-state index in [1.165, 1.54) is 6.92 Å². The number of carbonyl (C=O) groups is 1. The van der Waals surface area contributed by atoms with E-state index in [4.69, 9.17) is 21.3 Å². The average molecular weight is 416 g/mol. The standard InChI is InChI=1S/C21H22ClN3O2S/c1-13(2)19-21(28-17-6-4-5-16(22)12-17)25-20(24-19)18(27-14(3)26)11-15-7-9-23-10-8-15/h4-10,12-13,18H,11H2,1-3H3,(H,24,25). The summed E-state index contributed by atoms with van der Waals surface area (Å²) in [5.41, 5.74) is 1.96. The van der Waals surface area contributed by atoms with Crippen molar-refractivity contribution in [3.8, 4) is 0 Å². The van der Waals surface area contributed by atoms with Crippen LogP contribution < -0.4 is 0 Å². The van der Waals surface area contributed by atoms with E-state index in [-0.39, 0.29) is 11.9 Å². The van der Waals surface area contributed by atoms with Crippen molar-refractivity contribution in [3.63, 3.8) is 0 Å². The number of imidazole rings is 1. The van der Waals surface area contributed by atoms with Gasteiger partial charge >= 0.3 is 5.97 Å². The van der Waals surface area contributed by atoms with Gasteiger partial charge in [0.15, 0.2) is 6.10 Å². The number of nitrogens with one attached hydrogen (secondary N) is 1. The van der Waals surface area contributed by atoms with Gasteiger partial charge in [0.2, 0.25) is 0 Å². The molecule has 0 saturated carbocycles. The minimum atomic E-state index is -0.494. The number of pyridine rings is 1. The number of H-pyrrole nitrogens is 1. The van der Waals surface area contributed by atoms with Crippen molar-refractivity contribution in [1.29, 1.82) is 0 Å². The molecule has 3 aromatic rings. The first kappa shape index (κ1) is 20.4. The van der Waals surface area contributed by atoms with E-state index in [9.17, 15) is 4.79 Å². The predicted octanol–water partition coefficient (Wildman–Crippen LogP) is 5.58. The number of hydrogen-bond acceptors (Lipinski definition) is 5. The Kier molecular flexibility index (Phi) is 6.75. The van der Waals surface area contributed by atoms with Crippen molar-refractivity contribution in [2.45, 2.75) is 49.1 Å². The fourth-order valence-electron chi connectivity index (χ4n) is 2.79. The van der Waals surface area contributed by atoms with Crippen LogP contribution in [-0.4, -0.2) is 20.9 Å². The van der Waals surface area contributed by atoms with Crippen molar-refractivity contribution in [1.82, 2.24) is 15.0 Å². The van der Waals surface area contributed by atoms with Crippen molar-refractivity contribution >= 4 is 29.3 Å². The second-order valence-corrected chi connectivity index (χ2v) is 8.23. The number of aromatic amines is 1. The van der Waals surface area contributed by atoms with Gasteiger partial charge < -0.3 is 9.72 Å². The summed E-state index contributed by atoms with van der Waals surface area (Å²) in [5, 5.41) is 1.62. The van der Waals surface area contributed by atoms with Crippen LogP contribution in [-0.2, 0) is 16.0 Å². The molecule has 2 heterocycles. The maximum absolute atomic E-state index is 11.7. The van der Waals surface area contributed by atoms with Gasteiger partial charge in [-0.3, -0.25) is 9.78 Å². The fraction of sp³-hybridized carbons (Fsp3) is 0.286. The van der Waals surface area contributed by atoms with E-state index in [0.717, 1.165) is 21.2 Å². The molecule has 1 atom stereocenters. The molecule has 0 spiro atoms. The zero-order valence-corrected chi connectivity index (χ0v) is 17.6. The first-order chi connectivity index (χ1) is 13.4. The summed E-state index contributed by atoms with van der Waals surface area (Å²) in [6, 6.07) is 11.5. The van der Waals surface area contributed by atoms with Crippen LogP contribution in [0.1, 0.15) is 49.9 Å². The Morgan fingerprint density at radius 3 is 2.64 bits per heavy atom. The molecule has 146 valence electrons. The number of rotatable bonds is 7. The van der Waals surface area contributed by atoms with E-state index in [2.05, 4.69) is 23.8 Å². The summed E-state index contributed by atoms with van der Waals surface area (Å²) in [6.07, 6.45) is 3.48. The molecule has 0 aliphatic heterocycles. The average Bonchev–Trinajstić information content (AvgIpc) is 3.06. The lowest BCUT2D eigenvalue weighted by molar-refractivity contribution is -0.147. The SMILES string of the molecule is CC(=O)OC(Cc1ccncc1)c1nc(C(C)C)c(Sc2cccc(Cl)c2)[nH]1. The lowest BCUT2D eigenvalue weighted by Crippen LogP contribution is -2.13. The molecule has 1 aromatic carbocycles. The maximum Gasteiger partial charge on any atom is 0.303 e. The second-order valence-electron chi connectivity index (χ2n) is 6.71. The molecule has 0 aliphatic carbocycles. The maximum atomic E-state index is 11.7. The number of carbonyl (C=O) groups excluding carboxylic acids is 1. The fourth-order valence-corrected chi connectivity index (χ4v) is 4.15. The lowest BCUT2D eigenvalue weighted by Gasteiger charge is -2.15. The van der Waals surface area contributed by atoms with Crippen molar-refractivity contribution in [2.24, 2.45) is 0 Å². The largest absolute Gasteiger partial charge is 0.454 e. The Bertz CT molecular complexity index is 944. The van der Waals surface area contributed by atoms with Gasteiger partial charge in [-0.2, -0.15) is 0 Å². The molecule has 2 aromatic heterocycles. The van der Waals surface area contributed by atoms with Crippen LogP contribution in [0.5, 0.6) is 0 Å². The van der Waals surface area contributed by atoms with Crippen LogP contribution in [0.15, 0.2) is 58.7 Å². The normalized spacial score (nSPS) is 12.2. The molecular formula is C21H22ClN3O2S. The Labute approximate surface area is 173 Å². The van der Waals surface area contributed by atoms with E-state index < -0.39 is 6.10 Å². The summed E-state index contributed by atoms with van der Waals surface area (Å²) in [6.45, 7) is 5.59. The van der Waals surface area contributed by atoms with E-state index in [1.807, 2.05) is 36.4 Å². The molecule has 5 nitrogen and oxygen atoms in total. The van der Waals surface area contributed by atoms with Crippen LogP contribution in [0.2, 0.25) is 5.02 Å². The van der Waals surface area contributed by atoms with Crippen LogP contribution >= 0.6 is 23.4 Å². The first-order valence-electron chi connectivity index (χ1n) is 9.01. The molecule has 0 fully saturated rings. The molecule has 28 heavy (non-hydrogen) atoms. The van der Waals surface area contributed by atoms with E-state index in [1.54, 1.807) is 24.2 Å². The van der Waals surface area contributed by atoms with Crippen LogP contribution in [0, 0.1) is 0 Å². The molecule has 1 N–H and O–H groups in total. The van der Waals surface area contributed by atoms with E-state index >= 15 is 0 Å². The summed E-state index contributed by atoms with van der Waals surface area (Å²) in [4.78, 5) is 24.9. The Hall–Kier alpha value is -2.31. The first-order valence-corrected chi connectivity index (χ1v) is 10.2. The van der Waals surface area contributed by atoms with Gasteiger partial charge in [0.1, 0.15) is 10.9 Å². The number of aromatic nitrogens is 3. The summed E-state index contributed by atoms with van der Waals surface area (Å²) in [5.74, 6) is 0.511. The number of halogens is 1. The highest BCUT2D eigenvalue weighted by Crippen LogP contribution is 2.35. The molecular weight excluding hydrogens is 394 g/mol. The molecule has 3 rings (SSSR count). The predicted molar refractivity (Wildman–Crippen MR) is 111 cm³/mol. The number of ether oxygens (including phenoxy) is 1. The lowest BCUT2D eigenvalue weighted by atomic mass is 10.1. The second kappa shape index (κ2) is 9.26. The minimum Gasteiger partial charge on any atom is -0.454 e. The third kappa shape index (κ3) is 5.36. The number of esters is 1. The van der Waals surface area contributed by atoms with Crippen molar-refractivity contribution in [2.75, 3.05) is 0 Å². The van der Waals surface area contributed by atoms with E-state index in [0.29, 0.717) is 17.3 Å². The molecule has 0 radical (unpaired) electrons. The number of nitrogens with zero attached hydrogens (tertiary/aromatic N) is 2. The topological polar surface area (TPSA) is 67.9 Å². The minimum absolute atomic E-state index is 0.214. The Morgan fingerprint density at radius 2 is 2.00 bits per heavy atom. The van der Waals surface area contributed by atoms with Gasteiger partial charge in [-0.05, 0) is 41.8 Å². The quantitative estimate of drug-likeness (QED) is 0.510. The van der Waals surface area contributed by atoms with Crippen LogP contribution in [0.3, 0.4) is 0 Å². The molecule has 7 heteroatoms. The highest BCUT2D eigenvalue weighted by molar-refractivity contribution is 7.99. The van der Waals surface area contributed by atoms with Gasteiger partial charge in [-0.1, -0.05) is 43.3 Å². The van der Waals surface area contributed by atoms with Crippen molar-refractivity contribution in [3.05, 3.63) is 70.9 Å². The monoisotopic (exact) mass is 415 g/mol. The summed E-state index contributed by atoms with van der Waals surface area (Å²) >= 11 is 7.68. The third-order valence-corrected chi connectivity index (χ3v) is 5.30. The third-order valence-electron chi connectivity index (χ3n) is 4.06. The number of benzene rings is 1. The van der Waals surface area contributed by atoms with Gasteiger partial charge in [0, 0.05) is 35.7 Å². The summed E-state index contributed by atoms with van der Waals surface area (Å²) < 4.78 is 5.57. The molecule has 0 aliphatic rings. The van der Waals surface area contributed by atoms with Gasteiger partial charge in [-0.15, -0.1) is 0 Å². The van der Waals surface area contributed by atoms with Crippen molar-refractivity contribution < 1.29 is 9.53 Å². The highest BCUT2D eigenvalue weighted by Gasteiger charge is 2.23. The van der Waals surface area contributed by atoms with Gasteiger partial charge in [-0.25, -0.2) is 4.98 Å². The Balaban J connectivity index is 1.92. The molecule has 0 saturated heterocycles. The van der Waals surface area contributed by atoms with Crippen LogP contribution in [0.25, 0.3) is 0 Å². The zero-order valence-electron chi connectivity index (χ0n) is 16.0. The zero-order chi connectivity index (χ0) is 20.1. The molecule has 0 amide bonds. The molecule has 0 bridgehead atoms. The Morgan fingerprint density at radius 1 is 1.25 bits per heavy atom. The smallest absolute Gasteiger partial charge is 0.303 e. The van der Waals surface area contributed by atoms with Gasteiger partial charge in [0.05, 0.1) is 5.69 Å². The highest BCUT2D eigenvalue weighted by atomic mass is 35.5. The van der Waals surface area contributed by atoms with Crippen LogP contribution in [0.4, 0.5) is 0 Å². The van der Waals surface area contributed by atoms with Gasteiger partial charge in [0.25, 0.3) is 0 Å². The summed E-state index contributed by atoms with van der Waals surface area (Å²) in [7, 11) is 0.